The lowest BCUT2D eigenvalue weighted by Crippen LogP contribution is -2.06. The number of aromatic nitrogens is 4. The summed E-state index contributed by atoms with van der Waals surface area (Å²) in [5.41, 5.74) is 1.14. The van der Waals surface area contributed by atoms with Crippen LogP contribution in [0.25, 0.3) is 10.7 Å². The van der Waals surface area contributed by atoms with Gasteiger partial charge in [-0.15, -0.1) is 11.3 Å². The van der Waals surface area contributed by atoms with Crippen molar-refractivity contribution in [3.8, 4) is 10.7 Å². The first-order valence-corrected chi connectivity index (χ1v) is 8.50. The minimum absolute atomic E-state index is 0.345. The first kappa shape index (κ1) is 15.4. The quantitative estimate of drug-likeness (QED) is 0.796. The molecule has 2 aromatic rings. The number of H-pyrrole nitrogens is 1. The standard InChI is InChI=1S/C14H22N4S2/c1-5-8-11-15-10(7-3)12(20-11)13-16-17-14(19)18(13)9(4)6-2/h9H,5-8H2,1-4H3,(H,17,19). The van der Waals surface area contributed by atoms with Crippen LogP contribution in [-0.4, -0.2) is 19.7 Å². The molecule has 0 aliphatic heterocycles. The highest BCUT2D eigenvalue weighted by atomic mass is 32.1. The lowest BCUT2D eigenvalue weighted by molar-refractivity contribution is 0.529. The number of nitrogens with one attached hydrogen (secondary N) is 1. The molecule has 0 saturated carbocycles. The lowest BCUT2D eigenvalue weighted by atomic mass is 10.2. The van der Waals surface area contributed by atoms with E-state index >= 15 is 0 Å². The molecular weight excluding hydrogens is 288 g/mol. The highest BCUT2D eigenvalue weighted by molar-refractivity contribution is 7.71. The van der Waals surface area contributed by atoms with Gasteiger partial charge in [-0.1, -0.05) is 20.8 Å². The average molecular weight is 310 g/mol. The van der Waals surface area contributed by atoms with Crippen LogP contribution in [0.3, 0.4) is 0 Å². The fourth-order valence-corrected chi connectivity index (χ4v) is 3.75. The van der Waals surface area contributed by atoms with Gasteiger partial charge in [0.2, 0.25) is 0 Å². The smallest absolute Gasteiger partial charge is 0.195 e. The molecule has 1 atom stereocenters. The second-order valence-electron chi connectivity index (χ2n) is 4.97. The summed E-state index contributed by atoms with van der Waals surface area (Å²) >= 11 is 7.14. The molecule has 2 heterocycles. The summed E-state index contributed by atoms with van der Waals surface area (Å²) in [6.45, 7) is 8.67. The van der Waals surface area contributed by atoms with Crippen LogP contribution < -0.4 is 0 Å². The molecule has 0 radical (unpaired) electrons. The van der Waals surface area contributed by atoms with E-state index in [-0.39, 0.29) is 0 Å². The number of nitrogens with zero attached hydrogens (tertiary/aromatic N) is 3. The maximum Gasteiger partial charge on any atom is 0.195 e. The van der Waals surface area contributed by atoms with Crippen LogP contribution >= 0.6 is 23.6 Å². The Morgan fingerprint density at radius 2 is 2.10 bits per heavy atom. The van der Waals surface area contributed by atoms with Crippen molar-refractivity contribution in [2.75, 3.05) is 0 Å². The van der Waals surface area contributed by atoms with Gasteiger partial charge in [0.15, 0.2) is 10.6 Å². The average Bonchev–Trinajstić information content (AvgIpc) is 3.01. The zero-order chi connectivity index (χ0) is 14.7. The second kappa shape index (κ2) is 6.63. The Morgan fingerprint density at radius 1 is 1.35 bits per heavy atom. The van der Waals surface area contributed by atoms with Gasteiger partial charge < -0.3 is 0 Å². The molecule has 2 rings (SSSR count). The highest BCUT2D eigenvalue weighted by Crippen LogP contribution is 2.32. The Kier molecular flexibility index (Phi) is 5.10. The van der Waals surface area contributed by atoms with Gasteiger partial charge in [-0.25, -0.2) is 4.98 Å². The largest absolute Gasteiger partial charge is 0.297 e. The Morgan fingerprint density at radius 3 is 2.70 bits per heavy atom. The van der Waals surface area contributed by atoms with Crippen LogP contribution in [0.4, 0.5) is 0 Å². The van der Waals surface area contributed by atoms with Gasteiger partial charge in [0.1, 0.15) is 0 Å². The van der Waals surface area contributed by atoms with Gasteiger partial charge in [-0.3, -0.25) is 9.67 Å². The summed E-state index contributed by atoms with van der Waals surface area (Å²) < 4.78 is 2.82. The van der Waals surface area contributed by atoms with E-state index in [0.29, 0.717) is 10.8 Å². The van der Waals surface area contributed by atoms with Crippen molar-refractivity contribution in [3.63, 3.8) is 0 Å². The molecule has 1 N–H and O–H groups in total. The Balaban J connectivity index is 2.53. The number of aryl methyl sites for hydroxylation is 2. The number of hydrogen-bond acceptors (Lipinski definition) is 4. The maximum absolute atomic E-state index is 5.38. The summed E-state index contributed by atoms with van der Waals surface area (Å²) in [5.74, 6) is 0.945. The van der Waals surface area contributed by atoms with E-state index in [9.17, 15) is 0 Å². The third-order valence-corrected chi connectivity index (χ3v) is 4.92. The van der Waals surface area contributed by atoms with Crippen molar-refractivity contribution >= 4 is 23.6 Å². The molecule has 0 amide bonds. The van der Waals surface area contributed by atoms with Gasteiger partial charge in [-0.2, -0.15) is 5.10 Å². The third-order valence-electron chi connectivity index (χ3n) is 3.48. The van der Waals surface area contributed by atoms with Crippen molar-refractivity contribution in [2.24, 2.45) is 0 Å². The summed E-state index contributed by atoms with van der Waals surface area (Å²) in [6, 6.07) is 0.345. The molecule has 0 spiro atoms. The van der Waals surface area contributed by atoms with Crippen molar-refractivity contribution < 1.29 is 0 Å². The predicted molar refractivity (Wildman–Crippen MR) is 86.9 cm³/mol. The Bertz CT molecular complexity index is 623. The number of thiazole rings is 1. The maximum atomic E-state index is 5.38. The first-order chi connectivity index (χ1) is 9.62. The van der Waals surface area contributed by atoms with Gasteiger partial charge in [-0.05, 0) is 44.8 Å². The van der Waals surface area contributed by atoms with E-state index < -0.39 is 0 Å². The van der Waals surface area contributed by atoms with Gasteiger partial charge in [0.05, 0.1) is 15.6 Å². The number of aromatic amines is 1. The SMILES string of the molecule is CCCc1nc(CC)c(-c2n[nH]c(=S)n2C(C)CC)s1. The van der Waals surface area contributed by atoms with E-state index in [4.69, 9.17) is 17.2 Å². The zero-order valence-electron chi connectivity index (χ0n) is 12.6. The normalized spacial score (nSPS) is 12.8. The van der Waals surface area contributed by atoms with Crippen LogP contribution in [-0.2, 0) is 12.8 Å². The summed E-state index contributed by atoms with van der Waals surface area (Å²) in [6.07, 6.45) is 4.11. The molecule has 0 aliphatic rings. The lowest BCUT2D eigenvalue weighted by Gasteiger charge is -2.12. The summed E-state index contributed by atoms with van der Waals surface area (Å²) in [7, 11) is 0. The monoisotopic (exact) mass is 310 g/mol. The molecule has 1 unspecified atom stereocenters. The molecule has 110 valence electrons. The van der Waals surface area contributed by atoms with Crippen LogP contribution in [0.15, 0.2) is 0 Å². The Hall–Kier alpha value is -1.01. The van der Waals surface area contributed by atoms with E-state index in [1.165, 1.54) is 9.88 Å². The zero-order valence-corrected chi connectivity index (χ0v) is 14.2. The third kappa shape index (κ3) is 2.86. The molecule has 20 heavy (non-hydrogen) atoms. The van der Waals surface area contributed by atoms with Crippen molar-refractivity contribution in [1.29, 1.82) is 0 Å². The minimum atomic E-state index is 0.345. The molecule has 0 fully saturated rings. The molecular formula is C14H22N4S2. The first-order valence-electron chi connectivity index (χ1n) is 7.28. The summed E-state index contributed by atoms with van der Waals surface area (Å²) in [4.78, 5) is 5.92. The molecule has 4 nitrogen and oxygen atoms in total. The van der Waals surface area contributed by atoms with Crippen LogP contribution in [0, 0.1) is 4.77 Å². The van der Waals surface area contributed by atoms with Crippen LogP contribution in [0.5, 0.6) is 0 Å². The van der Waals surface area contributed by atoms with Gasteiger partial charge in [0, 0.05) is 6.04 Å². The number of hydrogen-bond donors (Lipinski definition) is 1. The van der Waals surface area contributed by atoms with Crippen LogP contribution in [0.1, 0.15) is 57.3 Å². The van der Waals surface area contributed by atoms with E-state index in [1.807, 2.05) is 0 Å². The molecule has 6 heteroatoms. The second-order valence-corrected chi connectivity index (χ2v) is 6.44. The van der Waals surface area contributed by atoms with Crippen molar-refractivity contribution in [2.45, 2.75) is 59.4 Å². The van der Waals surface area contributed by atoms with Crippen molar-refractivity contribution in [1.82, 2.24) is 19.7 Å². The Labute approximate surface area is 129 Å². The van der Waals surface area contributed by atoms with Crippen molar-refractivity contribution in [3.05, 3.63) is 15.5 Å². The fourth-order valence-electron chi connectivity index (χ4n) is 2.19. The molecule has 0 saturated heterocycles. The minimum Gasteiger partial charge on any atom is -0.297 e. The van der Waals surface area contributed by atoms with Gasteiger partial charge in [0.25, 0.3) is 0 Å². The predicted octanol–water partition coefficient (Wildman–Crippen LogP) is 4.55. The molecule has 0 aliphatic carbocycles. The molecule has 0 bridgehead atoms. The van der Waals surface area contributed by atoms with E-state index in [1.54, 1.807) is 11.3 Å². The molecule has 0 aromatic carbocycles. The highest BCUT2D eigenvalue weighted by Gasteiger charge is 2.19. The fraction of sp³-hybridized carbons (Fsp3) is 0.643. The van der Waals surface area contributed by atoms with Gasteiger partial charge >= 0.3 is 0 Å². The number of rotatable bonds is 6. The topological polar surface area (TPSA) is 46.5 Å². The summed E-state index contributed by atoms with van der Waals surface area (Å²) in [5, 5.41) is 8.59. The molecule has 2 aromatic heterocycles. The van der Waals surface area contributed by atoms with E-state index in [0.717, 1.165) is 37.2 Å². The van der Waals surface area contributed by atoms with E-state index in [2.05, 4.69) is 42.5 Å². The van der Waals surface area contributed by atoms with Crippen LogP contribution in [0.2, 0.25) is 0 Å².